The number of carbonyl (C=O) groups is 5. The Morgan fingerprint density at radius 1 is 0.977 bits per heavy atom. The highest BCUT2D eigenvalue weighted by Gasteiger charge is 2.79. The lowest BCUT2D eigenvalue weighted by atomic mass is 9.83. The third-order valence-corrected chi connectivity index (χ3v) is 11.5. The minimum atomic E-state index is -3.38. The molecule has 12 nitrogen and oxygen atoms in total. The molecule has 5 fully saturated rings. The van der Waals surface area contributed by atoms with E-state index in [0.29, 0.717) is 25.8 Å². The van der Waals surface area contributed by atoms with E-state index in [1.54, 1.807) is 4.90 Å². The van der Waals surface area contributed by atoms with Gasteiger partial charge >= 0.3 is 6.03 Å². The standard InChI is InChI=1S/C30H47N5O7S/c1-28(2,3)23(33-27(40)34-29(16-43(4,41)42)10-6-5-7-11-29)26(39)35-15-18-20(30(18)12-13-30)21(35)25(38)32-19(14-17-8-9-17)22(36)24(31)37/h17-21,23H,5-16H2,1-4H3,(H2,31,37)(H,32,38)(H2,33,34,40)/t18-,19?,20?,21-,23+/m0/s1. The van der Waals surface area contributed by atoms with Gasteiger partial charge in [-0.15, -0.1) is 0 Å². The lowest BCUT2D eigenvalue weighted by Gasteiger charge is -2.40. The Hall–Kier alpha value is -2.70. The van der Waals surface area contributed by atoms with Crippen molar-refractivity contribution in [2.45, 2.75) is 109 Å². The topological polar surface area (TPSA) is 185 Å². The smallest absolute Gasteiger partial charge is 0.315 e. The number of hydrogen-bond acceptors (Lipinski definition) is 7. The Morgan fingerprint density at radius 3 is 2.12 bits per heavy atom. The fourth-order valence-electron chi connectivity index (χ4n) is 7.95. The zero-order chi connectivity index (χ0) is 31.5. The molecule has 2 unspecified atom stereocenters. The van der Waals surface area contributed by atoms with Gasteiger partial charge in [-0.3, -0.25) is 19.2 Å². The first-order valence-electron chi connectivity index (χ1n) is 15.7. The summed E-state index contributed by atoms with van der Waals surface area (Å²) in [7, 11) is -3.38. The van der Waals surface area contributed by atoms with E-state index in [2.05, 4.69) is 16.0 Å². The van der Waals surface area contributed by atoms with Crippen molar-refractivity contribution in [3.05, 3.63) is 0 Å². The fourth-order valence-corrected chi connectivity index (χ4v) is 9.31. The van der Waals surface area contributed by atoms with Crippen LogP contribution in [0.4, 0.5) is 4.79 Å². The molecule has 5 N–H and O–H groups in total. The van der Waals surface area contributed by atoms with E-state index >= 15 is 0 Å². The number of primary amides is 1. The number of hydrogen-bond donors (Lipinski definition) is 4. The summed E-state index contributed by atoms with van der Waals surface area (Å²) < 4.78 is 24.5. The second-order valence-electron chi connectivity index (χ2n) is 15.1. The van der Waals surface area contributed by atoms with Crippen LogP contribution in [0.5, 0.6) is 0 Å². The summed E-state index contributed by atoms with van der Waals surface area (Å²) in [5.74, 6) is -2.56. The first-order chi connectivity index (χ1) is 20.0. The quantitative estimate of drug-likeness (QED) is 0.248. The molecule has 0 aromatic rings. The first kappa shape index (κ1) is 31.7. The average Bonchev–Trinajstić information content (AvgIpc) is 3.85. The molecule has 240 valence electrons. The Bertz CT molecular complexity index is 1290. The minimum Gasteiger partial charge on any atom is -0.363 e. The molecule has 1 aliphatic heterocycles. The van der Waals surface area contributed by atoms with Crippen LogP contribution < -0.4 is 21.7 Å². The summed E-state index contributed by atoms with van der Waals surface area (Å²) in [6, 6.07) is -3.44. The molecule has 4 saturated carbocycles. The maximum atomic E-state index is 14.2. The van der Waals surface area contributed by atoms with E-state index in [0.717, 1.165) is 51.2 Å². The predicted octanol–water partition coefficient (Wildman–Crippen LogP) is 1.02. The second kappa shape index (κ2) is 11.0. The van der Waals surface area contributed by atoms with Crippen LogP contribution in [-0.4, -0.2) is 85.1 Å². The Balaban J connectivity index is 1.34. The van der Waals surface area contributed by atoms with Gasteiger partial charge in [-0.05, 0) is 60.7 Å². The number of fused-ring (bicyclic) bond motifs is 3. The maximum Gasteiger partial charge on any atom is 0.315 e. The molecule has 0 radical (unpaired) electrons. The van der Waals surface area contributed by atoms with E-state index < -0.39 is 68.5 Å². The first-order valence-corrected chi connectivity index (χ1v) is 17.7. The van der Waals surface area contributed by atoms with Gasteiger partial charge in [0, 0.05) is 12.8 Å². The van der Waals surface area contributed by atoms with Crippen molar-refractivity contribution in [1.82, 2.24) is 20.9 Å². The molecule has 5 rings (SSSR count). The van der Waals surface area contributed by atoms with Crippen molar-refractivity contribution in [1.29, 1.82) is 0 Å². The van der Waals surface area contributed by atoms with E-state index in [1.807, 2.05) is 20.8 Å². The van der Waals surface area contributed by atoms with Crippen molar-refractivity contribution in [2.75, 3.05) is 18.6 Å². The summed E-state index contributed by atoms with van der Waals surface area (Å²) >= 11 is 0. The molecule has 5 aliphatic rings. The Kier molecular flexibility index (Phi) is 8.13. The number of nitrogens with zero attached hydrogens (tertiary/aromatic N) is 1. The van der Waals surface area contributed by atoms with Gasteiger partial charge in [-0.1, -0.05) is 52.9 Å². The number of nitrogens with two attached hydrogens (primary N) is 1. The second-order valence-corrected chi connectivity index (χ2v) is 17.2. The van der Waals surface area contributed by atoms with Gasteiger partial charge in [0.25, 0.3) is 5.91 Å². The lowest BCUT2D eigenvalue weighted by Crippen LogP contribution is -2.63. The highest BCUT2D eigenvalue weighted by Crippen LogP contribution is 2.78. The lowest BCUT2D eigenvalue weighted by molar-refractivity contribution is -0.144. The van der Waals surface area contributed by atoms with Crippen LogP contribution in [0.1, 0.15) is 85.0 Å². The fraction of sp³-hybridized carbons (Fsp3) is 0.833. The molecular formula is C30H47N5O7S. The van der Waals surface area contributed by atoms with Gasteiger partial charge in [0.1, 0.15) is 21.9 Å². The molecule has 43 heavy (non-hydrogen) atoms. The summed E-state index contributed by atoms with van der Waals surface area (Å²) in [6.07, 6.45) is 8.96. The highest BCUT2D eigenvalue weighted by molar-refractivity contribution is 7.90. The molecule has 1 spiro atoms. The molecular weight excluding hydrogens is 574 g/mol. The van der Waals surface area contributed by atoms with E-state index in [-0.39, 0.29) is 28.9 Å². The monoisotopic (exact) mass is 621 g/mol. The minimum absolute atomic E-state index is 0.0311. The number of piperidine rings is 1. The maximum absolute atomic E-state index is 14.2. The molecule has 1 heterocycles. The van der Waals surface area contributed by atoms with Crippen LogP contribution in [0.2, 0.25) is 0 Å². The van der Waals surface area contributed by atoms with E-state index in [9.17, 15) is 32.4 Å². The van der Waals surface area contributed by atoms with Gasteiger partial charge < -0.3 is 26.6 Å². The average molecular weight is 622 g/mol. The Morgan fingerprint density at radius 2 is 1.60 bits per heavy atom. The number of amides is 5. The van der Waals surface area contributed by atoms with Crippen LogP contribution in [0.3, 0.4) is 0 Å². The summed E-state index contributed by atoms with van der Waals surface area (Å²) in [5, 5.41) is 8.54. The van der Waals surface area contributed by atoms with Gasteiger partial charge in [0.05, 0.1) is 17.3 Å². The number of likely N-dealkylation sites (tertiary alicyclic amines) is 1. The van der Waals surface area contributed by atoms with Crippen molar-refractivity contribution >= 4 is 39.4 Å². The molecule has 0 aromatic heterocycles. The van der Waals surface area contributed by atoms with Crippen LogP contribution in [-0.2, 0) is 29.0 Å². The number of nitrogens with one attached hydrogen (secondary N) is 3. The normalized spacial score (nSPS) is 28.3. The number of carbonyl (C=O) groups excluding carboxylic acids is 5. The zero-order valence-corrected chi connectivity index (χ0v) is 26.6. The van der Waals surface area contributed by atoms with Crippen LogP contribution >= 0.6 is 0 Å². The third kappa shape index (κ3) is 6.71. The largest absolute Gasteiger partial charge is 0.363 e. The molecule has 13 heteroatoms. The number of Topliss-reactive ketones (excluding diaryl/α,β-unsaturated/α-hetero) is 1. The number of urea groups is 1. The summed E-state index contributed by atoms with van der Waals surface area (Å²) in [6.45, 7) is 5.86. The SMILES string of the molecule is CC(C)(C)[C@H](NC(=O)NC1(CS(C)(=O)=O)CCCCC1)C(=O)N1C[C@H]2C([C@H]1C(=O)NC(CC1CC1)C(=O)C(N)=O)C21CC1. The summed E-state index contributed by atoms with van der Waals surface area (Å²) in [5.41, 5.74) is 3.71. The van der Waals surface area contributed by atoms with Crippen molar-refractivity contribution in [2.24, 2.45) is 34.3 Å². The Labute approximate surface area is 253 Å². The van der Waals surface area contributed by atoms with E-state index in [1.165, 1.54) is 0 Å². The van der Waals surface area contributed by atoms with Gasteiger partial charge in [-0.25, -0.2) is 13.2 Å². The molecule has 1 saturated heterocycles. The zero-order valence-electron chi connectivity index (χ0n) is 25.7. The van der Waals surface area contributed by atoms with Gasteiger partial charge in [-0.2, -0.15) is 0 Å². The summed E-state index contributed by atoms with van der Waals surface area (Å²) in [4.78, 5) is 67.3. The third-order valence-electron chi connectivity index (χ3n) is 10.4. The van der Waals surface area contributed by atoms with Gasteiger partial charge in [0.15, 0.2) is 0 Å². The van der Waals surface area contributed by atoms with Crippen LogP contribution in [0.25, 0.3) is 0 Å². The predicted molar refractivity (Wildman–Crippen MR) is 158 cm³/mol. The van der Waals surface area contributed by atoms with Crippen molar-refractivity contribution in [3.8, 4) is 0 Å². The molecule has 5 atom stereocenters. The molecule has 0 aromatic carbocycles. The van der Waals surface area contributed by atoms with Crippen LogP contribution in [0, 0.1) is 28.6 Å². The molecule has 4 aliphatic carbocycles. The number of rotatable bonds is 11. The van der Waals surface area contributed by atoms with Gasteiger partial charge in [0.2, 0.25) is 17.6 Å². The number of sulfone groups is 1. The highest BCUT2D eigenvalue weighted by atomic mass is 32.2. The van der Waals surface area contributed by atoms with Crippen LogP contribution in [0.15, 0.2) is 0 Å². The molecule has 5 amide bonds. The number of ketones is 1. The van der Waals surface area contributed by atoms with E-state index in [4.69, 9.17) is 5.73 Å². The van der Waals surface area contributed by atoms with Crippen molar-refractivity contribution < 1.29 is 32.4 Å². The van der Waals surface area contributed by atoms with Crippen molar-refractivity contribution in [3.63, 3.8) is 0 Å². The molecule has 0 bridgehead atoms.